The quantitative estimate of drug-likeness (QED) is 0.663. The molecule has 2 unspecified atom stereocenters. The molecule has 0 amide bonds. The van der Waals surface area contributed by atoms with Crippen LogP contribution in [0.1, 0.15) is 20.3 Å². The van der Waals surface area contributed by atoms with Crippen molar-refractivity contribution in [2.45, 2.75) is 20.3 Å². The van der Waals surface area contributed by atoms with E-state index in [2.05, 4.69) is 29.8 Å². The van der Waals surface area contributed by atoms with Crippen molar-refractivity contribution in [3.05, 3.63) is 0 Å². The predicted molar refractivity (Wildman–Crippen MR) is 51.0 cm³/mol. The molecule has 0 radical (unpaired) electrons. The second kappa shape index (κ2) is 3.44. The standard InChI is InChI=1S/C9H17BrO/c1-7(2)9(6-11-3)4-8(9)5-10/h7-8H,4-6H2,1-3H3. The number of rotatable bonds is 4. The molecule has 2 heteroatoms. The van der Waals surface area contributed by atoms with Crippen LogP contribution in [0.3, 0.4) is 0 Å². The van der Waals surface area contributed by atoms with Crippen LogP contribution in [0.15, 0.2) is 0 Å². The van der Waals surface area contributed by atoms with Gasteiger partial charge in [-0.3, -0.25) is 0 Å². The molecule has 0 spiro atoms. The van der Waals surface area contributed by atoms with Gasteiger partial charge in [-0.25, -0.2) is 0 Å². The molecule has 1 fully saturated rings. The monoisotopic (exact) mass is 220 g/mol. The van der Waals surface area contributed by atoms with Crippen LogP contribution in [0.25, 0.3) is 0 Å². The Morgan fingerprint density at radius 1 is 1.64 bits per heavy atom. The predicted octanol–water partition coefficient (Wildman–Crippen LogP) is 2.69. The summed E-state index contributed by atoms with van der Waals surface area (Å²) in [4.78, 5) is 0. The van der Waals surface area contributed by atoms with E-state index < -0.39 is 0 Å². The van der Waals surface area contributed by atoms with Gasteiger partial charge in [0.15, 0.2) is 0 Å². The highest BCUT2D eigenvalue weighted by Gasteiger charge is 2.55. The molecule has 0 aromatic heterocycles. The van der Waals surface area contributed by atoms with E-state index in [-0.39, 0.29) is 0 Å². The lowest BCUT2D eigenvalue weighted by Gasteiger charge is -2.20. The molecule has 0 heterocycles. The molecule has 0 saturated heterocycles. The van der Waals surface area contributed by atoms with Gasteiger partial charge in [0.2, 0.25) is 0 Å². The average molecular weight is 221 g/mol. The third kappa shape index (κ3) is 1.62. The number of hydrogen-bond donors (Lipinski definition) is 0. The molecule has 0 aromatic rings. The zero-order chi connectivity index (χ0) is 8.48. The summed E-state index contributed by atoms with van der Waals surface area (Å²) in [5, 5.41) is 1.13. The van der Waals surface area contributed by atoms with Gasteiger partial charge in [0.05, 0.1) is 6.61 Å². The molecule has 0 N–H and O–H groups in total. The van der Waals surface area contributed by atoms with E-state index in [4.69, 9.17) is 4.74 Å². The fourth-order valence-electron chi connectivity index (χ4n) is 1.93. The maximum Gasteiger partial charge on any atom is 0.0524 e. The lowest BCUT2D eigenvalue weighted by atomic mass is 9.91. The van der Waals surface area contributed by atoms with Crippen LogP contribution >= 0.6 is 15.9 Å². The van der Waals surface area contributed by atoms with Gasteiger partial charge in [-0.2, -0.15) is 0 Å². The van der Waals surface area contributed by atoms with Crippen molar-refractivity contribution < 1.29 is 4.74 Å². The van der Waals surface area contributed by atoms with Crippen molar-refractivity contribution in [2.75, 3.05) is 19.0 Å². The molecule has 1 saturated carbocycles. The van der Waals surface area contributed by atoms with Crippen LogP contribution in [0.2, 0.25) is 0 Å². The molecule has 1 aliphatic rings. The lowest BCUT2D eigenvalue weighted by Crippen LogP contribution is -2.19. The molecular weight excluding hydrogens is 204 g/mol. The van der Waals surface area contributed by atoms with E-state index in [1.54, 1.807) is 7.11 Å². The molecule has 0 bridgehead atoms. The largest absolute Gasteiger partial charge is 0.384 e. The number of methoxy groups -OCH3 is 1. The molecule has 66 valence electrons. The Bertz CT molecular complexity index is 136. The van der Waals surface area contributed by atoms with Crippen LogP contribution in [0, 0.1) is 17.3 Å². The SMILES string of the molecule is COCC1(C(C)C)CC1CBr. The molecule has 1 rings (SSSR count). The highest BCUT2D eigenvalue weighted by atomic mass is 79.9. The topological polar surface area (TPSA) is 9.23 Å². The van der Waals surface area contributed by atoms with Crippen molar-refractivity contribution >= 4 is 15.9 Å². The number of alkyl halides is 1. The maximum atomic E-state index is 5.24. The first kappa shape index (κ1) is 9.53. The van der Waals surface area contributed by atoms with Gasteiger partial charge in [0.25, 0.3) is 0 Å². The van der Waals surface area contributed by atoms with E-state index in [0.29, 0.717) is 5.41 Å². The minimum atomic E-state index is 0.498. The van der Waals surface area contributed by atoms with E-state index >= 15 is 0 Å². The van der Waals surface area contributed by atoms with E-state index in [1.165, 1.54) is 6.42 Å². The minimum Gasteiger partial charge on any atom is -0.384 e. The van der Waals surface area contributed by atoms with Gasteiger partial charge in [0, 0.05) is 12.4 Å². The third-order valence-corrected chi connectivity index (χ3v) is 3.81. The van der Waals surface area contributed by atoms with Crippen molar-refractivity contribution in [1.82, 2.24) is 0 Å². The minimum absolute atomic E-state index is 0.498. The Morgan fingerprint density at radius 2 is 2.27 bits per heavy atom. The number of halogens is 1. The summed E-state index contributed by atoms with van der Waals surface area (Å²) in [6.07, 6.45) is 1.34. The van der Waals surface area contributed by atoms with Crippen LogP contribution in [0.4, 0.5) is 0 Å². The number of ether oxygens (including phenoxy) is 1. The molecule has 1 aliphatic carbocycles. The Balaban J connectivity index is 2.48. The van der Waals surface area contributed by atoms with E-state index in [9.17, 15) is 0 Å². The van der Waals surface area contributed by atoms with Gasteiger partial charge in [0.1, 0.15) is 0 Å². The summed E-state index contributed by atoms with van der Waals surface area (Å²) in [7, 11) is 1.80. The highest BCUT2D eigenvalue weighted by Crippen LogP contribution is 2.58. The Labute approximate surface area is 77.6 Å². The normalized spacial score (nSPS) is 36.3. The molecule has 2 atom stereocenters. The lowest BCUT2D eigenvalue weighted by molar-refractivity contribution is 0.107. The molecule has 0 aliphatic heterocycles. The van der Waals surface area contributed by atoms with Crippen molar-refractivity contribution in [1.29, 1.82) is 0 Å². The Morgan fingerprint density at radius 3 is 2.55 bits per heavy atom. The first-order valence-corrected chi connectivity index (χ1v) is 5.34. The molecule has 0 aromatic carbocycles. The summed E-state index contributed by atoms with van der Waals surface area (Å²) in [5.41, 5.74) is 0.498. The van der Waals surface area contributed by atoms with Crippen LogP contribution in [-0.2, 0) is 4.74 Å². The van der Waals surface area contributed by atoms with Crippen LogP contribution in [0.5, 0.6) is 0 Å². The third-order valence-electron chi connectivity index (χ3n) is 3.03. The van der Waals surface area contributed by atoms with E-state index in [0.717, 1.165) is 23.8 Å². The zero-order valence-corrected chi connectivity index (χ0v) is 9.15. The highest BCUT2D eigenvalue weighted by molar-refractivity contribution is 9.09. The fraction of sp³-hybridized carbons (Fsp3) is 1.00. The van der Waals surface area contributed by atoms with Gasteiger partial charge < -0.3 is 4.74 Å². The first-order chi connectivity index (χ1) is 5.17. The summed E-state index contributed by atoms with van der Waals surface area (Å²) < 4.78 is 5.24. The maximum absolute atomic E-state index is 5.24. The molecule has 1 nitrogen and oxygen atoms in total. The van der Waals surface area contributed by atoms with Gasteiger partial charge in [-0.05, 0) is 23.7 Å². The van der Waals surface area contributed by atoms with Crippen LogP contribution < -0.4 is 0 Å². The number of hydrogen-bond acceptors (Lipinski definition) is 1. The van der Waals surface area contributed by atoms with E-state index in [1.807, 2.05) is 0 Å². The summed E-state index contributed by atoms with van der Waals surface area (Å²) in [6.45, 7) is 5.52. The Kier molecular flexibility index (Phi) is 2.98. The summed E-state index contributed by atoms with van der Waals surface area (Å²) >= 11 is 3.53. The summed E-state index contributed by atoms with van der Waals surface area (Å²) in [5.74, 6) is 1.60. The second-order valence-corrected chi connectivity index (χ2v) is 4.52. The van der Waals surface area contributed by atoms with Gasteiger partial charge in [-0.15, -0.1) is 0 Å². The first-order valence-electron chi connectivity index (χ1n) is 4.22. The Hall–Kier alpha value is 0.440. The zero-order valence-electron chi connectivity index (χ0n) is 7.56. The smallest absolute Gasteiger partial charge is 0.0524 e. The van der Waals surface area contributed by atoms with Gasteiger partial charge >= 0.3 is 0 Å². The van der Waals surface area contributed by atoms with Crippen LogP contribution in [-0.4, -0.2) is 19.0 Å². The van der Waals surface area contributed by atoms with Crippen molar-refractivity contribution in [3.8, 4) is 0 Å². The second-order valence-electron chi connectivity index (χ2n) is 3.88. The molecular formula is C9H17BrO. The average Bonchev–Trinajstić information content (AvgIpc) is 2.65. The van der Waals surface area contributed by atoms with Crippen molar-refractivity contribution in [3.63, 3.8) is 0 Å². The van der Waals surface area contributed by atoms with Gasteiger partial charge in [-0.1, -0.05) is 29.8 Å². The summed E-state index contributed by atoms with van der Waals surface area (Å²) in [6, 6.07) is 0. The van der Waals surface area contributed by atoms with Crippen molar-refractivity contribution in [2.24, 2.45) is 17.3 Å². The molecule has 11 heavy (non-hydrogen) atoms. The fourth-order valence-corrected chi connectivity index (χ4v) is 2.80.